The molecule has 0 amide bonds. The molecule has 0 aliphatic rings. The summed E-state index contributed by atoms with van der Waals surface area (Å²) in [7, 11) is 0. The van der Waals surface area contributed by atoms with Gasteiger partial charge in [-0.15, -0.1) is 0 Å². The van der Waals surface area contributed by atoms with Crippen LogP contribution in [0.15, 0.2) is 59.3 Å². The van der Waals surface area contributed by atoms with Crippen molar-refractivity contribution in [2.75, 3.05) is 5.73 Å². The third-order valence-electron chi connectivity index (χ3n) is 4.87. The Bertz CT molecular complexity index is 1230. The summed E-state index contributed by atoms with van der Waals surface area (Å²) >= 11 is 0. The van der Waals surface area contributed by atoms with Gasteiger partial charge in [-0.3, -0.25) is 0 Å². The fourth-order valence-electron chi connectivity index (χ4n) is 3.22. The Morgan fingerprint density at radius 1 is 1.04 bits per heavy atom. The summed E-state index contributed by atoms with van der Waals surface area (Å²) < 4.78 is 5.14. The van der Waals surface area contributed by atoms with Gasteiger partial charge >= 0.3 is 0 Å². The van der Waals surface area contributed by atoms with E-state index in [9.17, 15) is 0 Å². The van der Waals surface area contributed by atoms with Crippen LogP contribution in [0.5, 0.6) is 0 Å². The normalized spacial score (nSPS) is 11.8. The standard InChI is InChI=1S/C24H21N3O/c1-15-4-6-18(7-5-16(2)23-12-17(3)28-27-23)13-21(15)20-9-8-19-10-11-26-24(25)22(19)14-20/h4,6,8-14,16H,1-3H3,(H2,25,26)/t16-/m0/s1. The molecule has 0 fully saturated rings. The van der Waals surface area contributed by atoms with Crippen LogP contribution in [0.4, 0.5) is 5.82 Å². The van der Waals surface area contributed by atoms with Crippen LogP contribution in [0, 0.1) is 25.7 Å². The lowest BCUT2D eigenvalue weighted by molar-refractivity contribution is 0.389. The van der Waals surface area contributed by atoms with Crippen LogP contribution < -0.4 is 5.73 Å². The lowest BCUT2D eigenvalue weighted by Gasteiger charge is -2.09. The first-order chi connectivity index (χ1) is 13.5. The number of hydrogen-bond donors (Lipinski definition) is 1. The second kappa shape index (κ2) is 7.21. The molecule has 4 aromatic rings. The van der Waals surface area contributed by atoms with Crippen molar-refractivity contribution in [2.45, 2.75) is 26.7 Å². The second-order valence-electron chi connectivity index (χ2n) is 7.02. The number of fused-ring (bicyclic) bond motifs is 1. The molecule has 0 spiro atoms. The Morgan fingerprint density at radius 2 is 1.89 bits per heavy atom. The van der Waals surface area contributed by atoms with Crippen molar-refractivity contribution in [3.8, 4) is 23.0 Å². The van der Waals surface area contributed by atoms with Crippen LogP contribution >= 0.6 is 0 Å². The summed E-state index contributed by atoms with van der Waals surface area (Å²) in [4.78, 5) is 4.20. The highest BCUT2D eigenvalue weighted by atomic mass is 16.5. The average Bonchev–Trinajstić information content (AvgIpc) is 3.14. The number of benzene rings is 2. The largest absolute Gasteiger partial charge is 0.383 e. The molecule has 0 unspecified atom stereocenters. The van der Waals surface area contributed by atoms with Crippen molar-refractivity contribution in [3.63, 3.8) is 0 Å². The SMILES string of the molecule is Cc1cc([C@@H](C)C#Cc2ccc(C)c(-c3ccc4ccnc(N)c4c3)c2)no1. The summed E-state index contributed by atoms with van der Waals surface area (Å²) in [6.07, 6.45) is 1.73. The molecular weight excluding hydrogens is 346 g/mol. The van der Waals surface area contributed by atoms with Crippen molar-refractivity contribution in [3.05, 3.63) is 77.3 Å². The van der Waals surface area contributed by atoms with E-state index in [1.165, 1.54) is 5.56 Å². The number of aryl methyl sites for hydroxylation is 2. The fourth-order valence-corrected chi connectivity index (χ4v) is 3.22. The maximum absolute atomic E-state index is 6.06. The van der Waals surface area contributed by atoms with Crippen LogP contribution in [0.3, 0.4) is 0 Å². The van der Waals surface area contributed by atoms with Crippen molar-refractivity contribution in [1.29, 1.82) is 0 Å². The number of nitrogen functional groups attached to an aromatic ring is 1. The summed E-state index contributed by atoms with van der Waals surface area (Å²) in [5.74, 6) is 7.88. The van der Waals surface area contributed by atoms with Gasteiger partial charge < -0.3 is 10.3 Å². The molecule has 4 rings (SSSR count). The first-order valence-electron chi connectivity index (χ1n) is 9.21. The first-order valence-corrected chi connectivity index (χ1v) is 9.21. The van der Waals surface area contributed by atoms with E-state index in [0.29, 0.717) is 5.82 Å². The molecule has 4 nitrogen and oxygen atoms in total. The zero-order chi connectivity index (χ0) is 19.7. The van der Waals surface area contributed by atoms with Crippen LogP contribution in [0.1, 0.15) is 35.4 Å². The zero-order valence-electron chi connectivity index (χ0n) is 16.2. The van der Waals surface area contributed by atoms with Gasteiger partial charge in [-0.1, -0.05) is 35.2 Å². The maximum atomic E-state index is 6.06. The van der Waals surface area contributed by atoms with Gasteiger partial charge in [-0.25, -0.2) is 4.98 Å². The van der Waals surface area contributed by atoms with Gasteiger partial charge in [0.05, 0.1) is 11.6 Å². The van der Waals surface area contributed by atoms with Gasteiger partial charge in [-0.2, -0.15) is 0 Å². The summed E-state index contributed by atoms with van der Waals surface area (Å²) in [6.45, 7) is 6.01. The van der Waals surface area contributed by atoms with Crippen molar-refractivity contribution in [2.24, 2.45) is 0 Å². The van der Waals surface area contributed by atoms with Crippen LogP contribution in [-0.4, -0.2) is 10.1 Å². The maximum Gasteiger partial charge on any atom is 0.133 e. The predicted octanol–water partition coefficient (Wildman–Crippen LogP) is 5.24. The molecule has 2 heterocycles. The van der Waals surface area contributed by atoms with Gasteiger partial charge in [0.2, 0.25) is 0 Å². The van der Waals surface area contributed by atoms with E-state index in [1.807, 2.05) is 32.0 Å². The van der Waals surface area contributed by atoms with Crippen molar-refractivity contribution < 1.29 is 4.52 Å². The molecule has 0 bridgehead atoms. The Hall–Kier alpha value is -3.58. The Kier molecular flexibility index (Phi) is 4.58. The minimum absolute atomic E-state index is 0.00810. The highest BCUT2D eigenvalue weighted by Gasteiger charge is 2.08. The van der Waals surface area contributed by atoms with Gasteiger partial charge in [0.25, 0.3) is 0 Å². The van der Waals surface area contributed by atoms with E-state index in [-0.39, 0.29) is 5.92 Å². The third kappa shape index (κ3) is 3.47. The Morgan fingerprint density at radius 3 is 2.68 bits per heavy atom. The van der Waals surface area contributed by atoms with Crippen LogP contribution in [0.2, 0.25) is 0 Å². The fraction of sp³-hybridized carbons (Fsp3) is 0.167. The summed E-state index contributed by atoms with van der Waals surface area (Å²) in [5, 5.41) is 6.10. The molecule has 4 heteroatoms. The van der Waals surface area contributed by atoms with Gasteiger partial charge in [0.15, 0.2) is 0 Å². The predicted molar refractivity (Wildman–Crippen MR) is 113 cm³/mol. The Labute approximate surface area is 164 Å². The zero-order valence-corrected chi connectivity index (χ0v) is 16.2. The smallest absolute Gasteiger partial charge is 0.133 e. The van der Waals surface area contributed by atoms with Crippen LogP contribution in [-0.2, 0) is 0 Å². The minimum atomic E-state index is 0.00810. The lowest BCUT2D eigenvalue weighted by atomic mass is 9.96. The van der Waals surface area contributed by atoms with E-state index >= 15 is 0 Å². The molecule has 0 saturated carbocycles. The van der Waals surface area contributed by atoms with E-state index < -0.39 is 0 Å². The third-order valence-corrected chi connectivity index (χ3v) is 4.87. The van der Waals surface area contributed by atoms with Gasteiger partial charge in [0.1, 0.15) is 11.6 Å². The topological polar surface area (TPSA) is 64.9 Å². The highest BCUT2D eigenvalue weighted by Crippen LogP contribution is 2.29. The number of aromatic nitrogens is 2. The van der Waals surface area contributed by atoms with Crippen molar-refractivity contribution >= 4 is 16.6 Å². The quantitative estimate of drug-likeness (QED) is 0.492. The number of rotatable bonds is 2. The summed E-state index contributed by atoms with van der Waals surface area (Å²) in [6, 6.07) is 16.4. The van der Waals surface area contributed by atoms with Crippen LogP contribution in [0.25, 0.3) is 21.9 Å². The van der Waals surface area contributed by atoms with E-state index in [1.54, 1.807) is 6.20 Å². The monoisotopic (exact) mass is 367 g/mol. The molecule has 0 saturated heterocycles. The molecule has 2 aromatic carbocycles. The molecule has 0 aliphatic carbocycles. The summed E-state index contributed by atoms with van der Waals surface area (Å²) in [5.41, 5.74) is 11.3. The van der Waals surface area contributed by atoms with E-state index in [0.717, 1.165) is 38.9 Å². The molecule has 0 radical (unpaired) electrons. The highest BCUT2D eigenvalue weighted by molar-refractivity contribution is 5.94. The number of pyridine rings is 1. The van der Waals surface area contributed by atoms with Gasteiger partial charge in [-0.05, 0) is 67.1 Å². The molecule has 0 aliphatic heterocycles. The number of anilines is 1. The Balaban J connectivity index is 1.70. The molecule has 1 atom stereocenters. The molecule has 2 aromatic heterocycles. The van der Waals surface area contributed by atoms with Crippen molar-refractivity contribution in [1.82, 2.24) is 10.1 Å². The van der Waals surface area contributed by atoms with Gasteiger partial charge in [0, 0.05) is 23.2 Å². The number of hydrogen-bond acceptors (Lipinski definition) is 4. The number of nitrogens with zero attached hydrogens (tertiary/aromatic N) is 2. The second-order valence-corrected chi connectivity index (χ2v) is 7.02. The van der Waals surface area contributed by atoms with E-state index in [4.69, 9.17) is 10.3 Å². The molecule has 138 valence electrons. The molecule has 2 N–H and O–H groups in total. The number of nitrogens with two attached hydrogens (primary N) is 1. The molecular formula is C24H21N3O. The van der Waals surface area contributed by atoms with E-state index in [2.05, 4.69) is 59.2 Å². The lowest BCUT2D eigenvalue weighted by Crippen LogP contribution is -1.92. The first kappa shape index (κ1) is 17.8. The molecule has 28 heavy (non-hydrogen) atoms. The minimum Gasteiger partial charge on any atom is -0.383 e. The average molecular weight is 367 g/mol.